The summed E-state index contributed by atoms with van der Waals surface area (Å²) in [5.41, 5.74) is 7.05. The number of hydrogen-bond acceptors (Lipinski definition) is 3. The van der Waals surface area contributed by atoms with Crippen molar-refractivity contribution in [2.45, 2.75) is 31.3 Å². The van der Waals surface area contributed by atoms with Gasteiger partial charge in [-0.25, -0.2) is 0 Å². The molecule has 2 unspecified atom stereocenters. The van der Waals surface area contributed by atoms with Crippen LogP contribution in [0, 0.1) is 0 Å². The summed E-state index contributed by atoms with van der Waals surface area (Å²) in [6.07, 6.45) is 3.24. The van der Waals surface area contributed by atoms with Crippen LogP contribution >= 0.6 is 0 Å². The molecule has 3 N–H and O–H groups in total. The highest BCUT2D eigenvalue weighted by Crippen LogP contribution is 2.31. The molecule has 0 bridgehead atoms. The number of aliphatic hydroxyl groups excluding tert-OH is 1. The van der Waals surface area contributed by atoms with Crippen molar-refractivity contribution in [2.75, 3.05) is 19.7 Å². The smallest absolute Gasteiger partial charge is 0.0587 e. The highest BCUT2D eigenvalue weighted by atomic mass is 16.3. The number of benzene rings is 1. The van der Waals surface area contributed by atoms with Crippen LogP contribution < -0.4 is 5.73 Å². The molecular formula is C14H22N2O. The second-order valence-corrected chi connectivity index (χ2v) is 4.72. The molecule has 17 heavy (non-hydrogen) atoms. The van der Waals surface area contributed by atoms with Crippen LogP contribution in [0.5, 0.6) is 0 Å². The highest BCUT2D eigenvalue weighted by Gasteiger charge is 2.30. The molecule has 0 aliphatic carbocycles. The standard InChI is InChI=1S/C14H22N2O/c15-9-8-14(12-5-2-1-3-6-12)16-10-4-7-13(16)11-17/h1-3,5-6,13-14,17H,4,7-11,15H2. The molecule has 1 heterocycles. The van der Waals surface area contributed by atoms with Crippen molar-refractivity contribution in [3.8, 4) is 0 Å². The molecule has 1 saturated heterocycles. The average molecular weight is 234 g/mol. The number of aliphatic hydroxyl groups is 1. The third kappa shape index (κ3) is 2.86. The van der Waals surface area contributed by atoms with E-state index in [1.54, 1.807) is 0 Å². The van der Waals surface area contributed by atoms with Gasteiger partial charge in [0, 0.05) is 12.1 Å². The molecule has 3 heteroatoms. The fourth-order valence-corrected chi connectivity index (χ4v) is 2.82. The second-order valence-electron chi connectivity index (χ2n) is 4.72. The minimum Gasteiger partial charge on any atom is -0.395 e. The van der Waals surface area contributed by atoms with Crippen molar-refractivity contribution in [3.63, 3.8) is 0 Å². The van der Waals surface area contributed by atoms with Gasteiger partial charge in [-0.05, 0) is 37.9 Å². The molecule has 2 rings (SSSR count). The van der Waals surface area contributed by atoms with Gasteiger partial charge in [-0.2, -0.15) is 0 Å². The quantitative estimate of drug-likeness (QED) is 0.812. The largest absolute Gasteiger partial charge is 0.395 e. The third-order valence-electron chi connectivity index (χ3n) is 3.66. The number of hydrogen-bond donors (Lipinski definition) is 2. The lowest BCUT2D eigenvalue weighted by molar-refractivity contribution is 0.115. The molecule has 0 radical (unpaired) electrons. The predicted molar refractivity (Wildman–Crippen MR) is 69.7 cm³/mol. The summed E-state index contributed by atoms with van der Waals surface area (Å²) in [6, 6.07) is 11.2. The van der Waals surface area contributed by atoms with E-state index >= 15 is 0 Å². The molecule has 0 amide bonds. The van der Waals surface area contributed by atoms with Crippen LogP contribution in [-0.2, 0) is 0 Å². The van der Waals surface area contributed by atoms with E-state index in [2.05, 4.69) is 29.2 Å². The van der Waals surface area contributed by atoms with Crippen LogP contribution in [0.15, 0.2) is 30.3 Å². The summed E-state index contributed by atoms with van der Waals surface area (Å²) < 4.78 is 0. The molecule has 1 aromatic carbocycles. The number of nitrogens with two attached hydrogens (primary N) is 1. The summed E-state index contributed by atoms with van der Waals surface area (Å²) in [6.45, 7) is 2.02. The Kier molecular flexibility index (Phi) is 4.54. The van der Waals surface area contributed by atoms with Gasteiger partial charge in [0.25, 0.3) is 0 Å². The molecule has 1 aromatic rings. The summed E-state index contributed by atoms with van der Waals surface area (Å²) in [5, 5.41) is 9.43. The first-order valence-electron chi connectivity index (χ1n) is 6.48. The van der Waals surface area contributed by atoms with E-state index in [4.69, 9.17) is 5.73 Å². The third-order valence-corrected chi connectivity index (χ3v) is 3.66. The van der Waals surface area contributed by atoms with E-state index in [0.717, 1.165) is 19.4 Å². The van der Waals surface area contributed by atoms with Crippen molar-refractivity contribution in [3.05, 3.63) is 35.9 Å². The fraction of sp³-hybridized carbons (Fsp3) is 0.571. The first kappa shape index (κ1) is 12.6. The maximum Gasteiger partial charge on any atom is 0.0587 e. The molecule has 0 spiro atoms. The zero-order valence-electron chi connectivity index (χ0n) is 10.3. The normalized spacial score (nSPS) is 22.8. The van der Waals surface area contributed by atoms with Gasteiger partial charge in [0.1, 0.15) is 0 Å². The van der Waals surface area contributed by atoms with E-state index in [-0.39, 0.29) is 6.61 Å². The Balaban J connectivity index is 2.17. The first-order valence-corrected chi connectivity index (χ1v) is 6.48. The predicted octanol–water partition coefficient (Wildman–Crippen LogP) is 1.53. The van der Waals surface area contributed by atoms with Gasteiger partial charge < -0.3 is 10.8 Å². The maximum atomic E-state index is 9.43. The minimum absolute atomic E-state index is 0.258. The van der Waals surface area contributed by atoms with Gasteiger partial charge in [-0.3, -0.25) is 4.90 Å². The van der Waals surface area contributed by atoms with Crippen LogP contribution in [0.4, 0.5) is 0 Å². The minimum atomic E-state index is 0.258. The van der Waals surface area contributed by atoms with E-state index in [1.165, 1.54) is 12.0 Å². The van der Waals surface area contributed by atoms with Crippen LogP contribution in [0.2, 0.25) is 0 Å². The Hall–Kier alpha value is -0.900. The lowest BCUT2D eigenvalue weighted by Gasteiger charge is -2.32. The van der Waals surface area contributed by atoms with Crippen LogP contribution in [0.1, 0.15) is 30.9 Å². The SMILES string of the molecule is NCCC(c1ccccc1)N1CCCC1CO. The Morgan fingerprint density at radius 1 is 1.35 bits per heavy atom. The Labute approximate surface area is 103 Å². The van der Waals surface area contributed by atoms with E-state index in [0.29, 0.717) is 18.6 Å². The summed E-state index contributed by atoms with van der Waals surface area (Å²) >= 11 is 0. The summed E-state index contributed by atoms with van der Waals surface area (Å²) in [5.74, 6) is 0. The topological polar surface area (TPSA) is 49.5 Å². The first-order chi connectivity index (χ1) is 8.36. The van der Waals surface area contributed by atoms with Crippen molar-refractivity contribution in [1.29, 1.82) is 0 Å². The van der Waals surface area contributed by atoms with Gasteiger partial charge in [0.15, 0.2) is 0 Å². The lowest BCUT2D eigenvalue weighted by atomic mass is 10.0. The number of rotatable bonds is 5. The van der Waals surface area contributed by atoms with E-state index in [9.17, 15) is 5.11 Å². The van der Waals surface area contributed by atoms with Crippen molar-refractivity contribution >= 4 is 0 Å². The van der Waals surface area contributed by atoms with Gasteiger partial charge in [0.05, 0.1) is 6.61 Å². The van der Waals surface area contributed by atoms with Crippen molar-refractivity contribution < 1.29 is 5.11 Å². The molecular weight excluding hydrogens is 212 g/mol. The van der Waals surface area contributed by atoms with Gasteiger partial charge in [-0.15, -0.1) is 0 Å². The summed E-state index contributed by atoms with van der Waals surface area (Å²) in [4.78, 5) is 2.42. The maximum absolute atomic E-state index is 9.43. The molecule has 0 aromatic heterocycles. The highest BCUT2D eigenvalue weighted by molar-refractivity contribution is 5.19. The summed E-state index contributed by atoms with van der Waals surface area (Å²) in [7, 11) is 0. The molecule has 1 aliphatic rings. The Bertz CT molecular complexity index is 328. The van der Waals surface area contributed by atoms with Gasteiger partial charge >= 0.3 is 0 Å². The molecule has 1 aliphatic heterocycles. The number of nitrogens with zero attached hydrogens (tertiary/aromatic N) is 1. The van der Waals surface area contributed by atoms with Crippen LogP contribution in [-0.4, -0.2) is 35.7 Å². The molecule has 1 fully saturated rings. The zero-order chi connectivity index (χ0) is 12.1. The molecule has 2 atom stereocenters. The number of likely N-dealkylation sites (tertiary alicyclic amines) is 1. The van der Waals surface area contributed by atoms with Gasteiger partial charge in [-0.1, -0.05) is 30.3 Å². The van der Waals surface area contributed by atoms with Crippen molar-refractivity contribution in [1.82, 2.24) is 4.90 Å². The molecule has 94 valence electrons. The average Bonchev–Trinajstić information content (AvgIpc) is 2.85. The lowest BCUT2D eigenvalue weighted by Crippen LogP contribution is -2.36. The van der Waals surface area contributed by atoms with Crippen LogP contribution in [0.3, 0.4) is 0 Å². The fourth-order valence-electron chi connectivity index (χ4n) is 2.82. The van der Waals surface area contributed by atoms with E-state index in [1.807, 2.05) is 6.07 Å². The zero-order valence-corrected chi connectivity index (χ0v) is 10.3. The molecule has 0 saturated carbocycles. The van der Waals surface area contributed by atoms with Crippen LogP contribution in [0.25, 0.3) is 0 Å². The second kappa shape index (κ2) is 6.15. The monoisotopic (exact) mass is 234 g/mol. The van der Waals surface area contributed by atoms with E-state index < -0.39 is 0 Å². The van der Waals surface area contributed by atoms with Gasteiger partial charge in [0.2, 0.25) is 0 Å². The molecule has 3 nitrogen and oxygen atoms in total. The van der Waals surface area contributed by atoms with Crippen molar-refractivity contribution in [2.24, 2.45) is 5.73 Å². The Morgan fingerprint density at radius 2 is 2.12 bits per heavy atom. The Morgan fingerprint density at radius 3 is 2.76 bits per heavy atom.